The highest BCUT2D eigenvalue weighted by Crippen LogP contribution is 2.51. The minimum Gasteiger partial charge on any atom is -0.408 e. The van der Waals surface area contributed by atoms with E-state index in [0.717, 1.165) is 25.8 Å². The topological polar surface area (TPSA) is 44.8 Å². The fourth-order valence-electron chi connectivity index (χ4n) is 4.00. The molecule has 36 heavy (non-hydrogen) atoms. The first-order chi connectivity index (χ1) is 17.4. The van der Waals surface area contributed by atoms with E-state index in [1.807, 2.05) is 91.4 Å². The van der Waals surface area contributed by atoms with Gasteiger partial charge in [-0.05, 0) is 42.5 Å². The lowest BCUT2D eigenvalue weighted by atomic mass is 9.97. The van der Waals surface area contributed by atoms with Gasteiger partial charge in [0.25, 0.3) is 0 Å². The first kappa shape index (κ1) is 26.0. The van der Waals surface area contributed by atoms with E-state index < -0.39 is 16.1 Å². The zero-order valence-electron chi connectivity index (χ0n) is 20.8. The van der Waals surface area contributed by atoms with E-state index in [-0.39, 0.29) is 5.97 Å². The average Bonchev–Trinajstić information content (AvgIpc) is 2.92. The number of carbonyl (C=O) groups excluding carboxylic acids is 1. The lowest BCUT2D eigenvalue weighted by Gasteiger charge is -2.35. The molecule has 186 valence electrons. The van der Waals surface area contributed by atoms with Gasteiger partial charge in [0, 0.05) is 52.5 Å². The van der Waals surface area contributed by atoms with Crippen molar-refractivity contribution in [3.63, 3.8) is 0 Å². The predicted octanol–water partition coefficient (Wildman–Crippen LogP) is 7.53. The van der Waals surface area contributed by atoms with Crippen LogP contribution in [0.2, 0.25) is 0 Å². The van der Waals surface area contributed by atoms with Crippen molar-refractivity contribution in [1.29, 1.82) is 0 Å². The molecule has 0 unspecified atom stereocenters. The summed E-state index contributed by atoms with van der Waals surface area (Å²) in [5, 5.41) is 0. The first-order valence-electron chi connectivity index (χ1n) is 11.4. The van der Waals surface area contributed by atoms with E-state index >= 15 is 0 Å². The fourth-order valence-corrected chi connectivity index (χ4v) is 6.37. The summed E-state index contributed by atoms with van der Waals surface area (Å²) >= 11 is 1.67. The number of ether oxygens (including phenoxy) is 2. The highest BCUT2D eigenvalue weighted by molar-refractivity contribution is 8.29. The van der Waals surface area contributed by atoms with Crippen LogP contribution in [0.1, 0.15) is 21.5 Å². The third-order valence-corrected chi connectivity index (χ3v) is 8.94. The molecular formula is C30H30O4S2. The molecule has 4 aromatic carbocycles. The van der Waals surface area contributed by atoms with Crippen molar-refractivity contribution in [2.75, 3.05) is 26.7 Å². The molecule has 6 heteroatoms. The van der Waals surface area contributed by atoms with Crippen LogP contribution in [-0.2, 0) is 19.4 Å². The zero-order valence-corrected chi connectivity index (χ0v) is 22.5. The number of benzene rings is 4. The molecule has 4 rings (SSSR count). The number of hydrogen-bond donors (Lipinski definition) is 0. The average molecular weight is 519 g/mol. The molecule has 0 N–H and O–H groups in total. The molecule has 0 aliphatic carbocycles. The van der Waals surface area contributed by atoms with Crippen LogP contribution < -0.4 is 0 Å². The standard InChI is InChI=1S/C30H30O4S2/c1-32-30(33-2,27-17-11-12-18-28(27)35-25-15-9-6-10-16-25)24-19-21-26(22-20-24)36(3,4)34-29(31)23-13-7-5-8-14-23/h5-22H,1-4H3. The maximum Gasteiger partial charge on any atom is 0.348 e. The molecule has 0 spiro atoms. The lowest BCUT2D eigenvalue weighted by molar-refractivity contribution is -0.185. The highest BCUT2D eigenvalue weighted by atomic mass is 32.3. The largest absolute Gasteiger partial charge is 0.408 e. The second-order valence-corrected chi connectivity index (χ2v) is 12.7. The van der Waals surface area contributed by atoms with Crippen LogP contribution in [0, 0.1) is 0 Å². The Kier molecular flexibility index (Phi) is 8.21. The van der Waals surface area contributed by atoms with Gasteiger partial charge in [-0.3, -0.25) is 0 Å². The Morgan fingerprint density at radius 3 is 1.89 bits per heavy atom. The van der Waals surface area contributed by atoms with E-state index in [1.165, 1.54) is 0 Å². The molecule has 0 aliphatic heterocycles. The quantitative estimate of drug-likeness (QED) is 0.214. The molecule has 0 saturated carbocycles. The Morgan fingerprint density at radius 1 is 0.722 bits per heavy atom. The van der Waals surface area contributed by atoms with Gasteiger partial charge in [0.1, 0.15) is 0 Å². The van der Waals surface area contributed by atoms with E-state index in [2.05, 4.69) is 18.2 Å². The summed E-state index contributed by atoms with van der Waals surface area (Å²) in [5.41, 5.74) is 2.31. The van der Waals surface area contributed by atoms with Gasteiger partial charge in [0.05, 0.1) is 5.56 Å². The Morgan fingerprint density at radius 2 is 1.28 bits per heavy atom. The van der Waals surface area contributed by atoms with Crippen molar-refractivity contribution >= 4 is 28.0 Å². The molecule has 4 aromatic rings. The van der Waals surface area contributed by atoms with Gasteiger partial charge in [0.2, 0.25) is 5.79 Å². The molecule has 4 nitrogen and oxygen atoms in total. The van der Waals surface area contributed by atoms with Gasteiger partial charge in [-0.2, -0.15) is 0 Å². The van der Waals surface area contributed by atoms with Crippen LogP contribution in [0.3, 0.4) is 0 Å². The summed E-state index contributed by atoms with van der Waals surface area (Å²) in [5.74, 6) is -1.42. The molecule has 0 fully saturated rings. The van der Waals surface area contributed by atoms with Gasteiger partial charge in [-0.15, -0.1) is 0 Å². The molecular weight excluding hydrogens is 488 g/mol. The third kappa shape index (κ3) is 5.52. The second-order valence-electron chi connectivity index (χ2n) is 8.43. The predicted molar refractivity (Wildman–Crippen MR) is 148 cm³/mol. The summed E-state index contributed by atoms with van der Waals surface area (Å²) in [6.45, 7) is 0. The molecule has 0 heterocycles. The second kappa shape index (κ2) is 11.4. The number of carbonyl (C=O) groups is 1. The van der Waals surface area contributed by atoms with Crippen LogP contribution in [0.5, 0.6) is 0 Å². The normalized spacial score (nSPS) is 12.2. The smallest absolute Gasteiger partial charge is 0.348 e. The Balaban J connectivity index is 1.64. The number of hydrogen-bond acceptors (Lipinski definition) is 5. The monoisotopic (exact) mass is 518 g/mol. The molecule has 0 aromatic heterocycles. The van der Waals surface area contributed by atoms with Crippen LogP contribution >= 0.6 is 22.1 Å². The molecule has 0 saturated heterocycles. The van der Waals surface area contributed by atoms with Gasteiger partial charge >= 0.3 is 5.97 Å². The van der Waals surface area contributed by atoms with Crippen molar-refractivity contribution in [1.82, 2.24) is 0 Å². The maximum absolute atomic E-state index is 12.7. The van der Waals surface area contributed by atoms with Crippen LogP contribution in [-0.4, -0.2) is 32.7 Å². The summed E-state index contributed by atoms with van der Waals surface area (Å²) in [6, 6.07) is 35.3. The minimum atomic E-state index is -1.83. The zero-order chi connectivity index (χ0) is 25.6. The van der Waals surface area contributed by atoms with Crippen LogP contribution in [0.15, 0.2) is 124 Å². The van der Waals surface area contributed by atoms with E-state index in [0.29, 0.717) is 5.56 Å². The summed E-state index contributed by atoms with van der Waals surface area (Å²) in [4.78, 5) is 15.8. The Hall–Kier alpha value is -3.03. The van der Waals surface area contributed by atoms with Crippen molar-refractivity contribution < 1.29 is 18.5 Å². The maximum atomic E-state index is 12.7. The van der Waals surface area contributed by atoms with Crippen molar-refractivity contribution in [3.05, 3.63) is 126 Å². The van der Waals surface area contributed by atoms with E-state index in [1.54, 1.807) is 38.1 Å². The molecule has 0 aliphatic rings. The lowest BCUT2D eigenvalue weighted by Crippen LogP contribution is -2.33. The number of rotatable bonds is 9. The van der Waals surface area contributed by atoms with Gasteiger partial charge in [-0.25, -0.2) is 4.79 Å². The summed E-state index contributed by atoms with van der Waals surface area (Å²) in [7, 11) is 1.47. The van der Waals surface area contributed by atoms with Gasteiger partial charge in [-0.1, -0.05) is 88.8 Å². The van der Waals surface area contributed by atoms with E-state index in [9.17, 15) is 4.79 Å². The van der Waals surface area contributed by atoms with Gasteiger partial charge in [0.15, 0.2) is 0 Å². The van der Waals surface area contributed by atoms with E-state index in [4.69, 9.17) is 13.7 Å². The highest BCUT2D eigenvalue weighted by Gasteiger charge is 2.37. The molecule has 0 atom stereocenters. The summed E-state index contributed by atoms with van der Waals surface area (Å²) in [6.07, 6.45) is 3.93. The van der Waals surface area contributed by atoms with Crippen LogP contribution in [0.25, 0.3) is 0 Å². The van der Waals surface area contributed by atoms with Crippen LogP contribution in [0.4, 0.5) is 0 Å². The molecule has 0 bridgehead atoms. The summed E-state index contributed by atoms with van der Waals surface area (Å²) < 4.78 is 18.1. The van der Waals surface area contributed by atoms with Crippen molar-refractivity contribution in [2.24, 2.45) is 0 Å². The molecule has 0 amide bonds. The number of methoxy groups -OCH3 is 2. The fraction of sp³-hybridized carbons (Fsp3) is 0.167. The Bertz CT molecular complexity index is 1290. The van der Waals surface area contributed by atoms with Gasteiger partial charge < -0.3 is 13.7 Å². The SMILES string of the molecule is COC(OC)(c1ccc(S(C)(C)OC(=O)c2ccccc2)cc1)c1ccccc1Sc1ccccc1. The molecule has 0 radical (unpaired) electrons. The Labute approximate surface area is 219 Å². The minimum absolute atomic E-state index is 0.324. The first-order valence-corrected chi connectivity index (χ1v) is 14.6. The van der Waals surface area contributed by atoms with Crippen molar-refractivity contribution in [2.45, 2.75) is 20.5 Å². The third-order valence-electron chi connectivity index (χ3n) is 5.88. The van der Waals surface area contributed by atoms with Crippen molar-refractivity contribution in [3.8, 4) is 0 Å².